The number of benzene rings is 1. The normalized spacial score (nSPS) is 16.9. The van der Waals surface area contributed by atoms with Gasteiger partial charge < -0.3 is 9.42 Å². The van der Waals surface area contributed by atoms with E-state index in [0.29, 0.717) is 36.9 Å². The molecule has 0 spiro atoms. The molecule has 0 N–H and O–H groups in total. The predicted molar refractivity (Wildman–Crippen MR) is 99.1 cm³/mol. The van der Waals surface area contributed by atoms with E-state index in [-0.39, 0.29) is 16.5 Å². The topological polar surface area (TPSA) is 85.0 Å². The number of hydrogen-bond donors (Lipinski definition) is 0. The second-order valence-corrected chi connectivity index (χ2v) is 7.07. The van der Waals surface area contributed by atoms with Gasteiger partial charge in [0.15, 0.2) is 0 Å². The van der Waals surface area contributed by atoms with Crippen molar-refractivity contribution in [2.24, 2.45) is 5.92 Å². The maximum atomic E-state index is 14.1. The molecule has 1 atom stereocenters. The number of likely N-dealkylation sites (tertiary alicyclic amines) is 1. The van der Waals surface area contributed by atoms with Crippen molar-refractivity contribution in [3.05, 3.63) is 59.1 Å². The summed E-state index contributed by atoms with van der Waals surface area (Å²) < 4.78 is 19.4. The maximum Gasteiger partial charge on any atom is 0.258 e. The van der Waals surface area contributed by atoms with Crippen LogP contribution in [-0.4, -0.2) is 44.0 Å². The maximum absolute atomic E-state index is 14.1. The van der Waals surface area contributed by atoms with Gasteiger partial charge >= 0.3 is 0 Å². The summed E-state index contributed by atoms with van der Waals surface area (Å²) in [6.45, 7) is 1.04. The number of carbonyl (C=O) groups excluding carboxylic acids is 1. The third kappa shape index (κ3) is 3.87. The first-order valence-corrected chi connectivity index (χ1v) is 9.32. The van der Waals surface area contributed by atoms with Crippen molar-refractivity contribution in [2.75, 3.05) is 13.1 Å². The van der Waals surface area contributed by atoms with Gasteiger partial charge in [0, 0.05) is 31.9 Å². The molecular formula is C19H17ClFN5O2. The van der Waals surface area contributed by atoms with Crippen LogP contribution in [0.2, 0.25) is 5.02 Å². The molecule has 7 nitrogen and oxygen atoms in total. The van der Waals surface area contributed by atoms with Gasteiger partial charge in [0.1, 0.15) is 11.5 Å². The number of amides is 1. The lowest BCUT2D eigenvalue weighted by molar-refractivity contribution is 0.0663. The lowest BCUT2D eigenvalue weighted by atomic mass is 9.94. The zero-order chi connectivity index (χ0) is 19.5. The van der Waals surface area contributed by atoms with Crippen molar-refractivity contribution in [3.63, 3.8) is 0 Å². The molecule has 0 aliphatic carbocycles. The molecule has 1 amide bonds. The van der Waals surface area contributed by atoms with Gasteiger partial charge in [-0.05, 0) is 30.9 Å². The quantitative estimate of drug-likeness (QED) is 0.666. The van der Waals surface area contributed by atoms with Gasteiger partial charge in [-0.15, -0.1) is 0 Å². The molecule has 1 unspecified atom stereocenters. The number of rotatable bonds is 4. The van der Waals surface area contributed by atoms with Crippen LogP contribution in [0.4, 0.5) is 4.39 Å². The Hall–Kier alpha value is -2.87. The number of hydrogen-bond acceptors (Lipinski definition) is 6. The fourth-order valence-corrected chi connectivity index (χ4v) is 3.62. The van der Waals surface area contributed by atoms with Crippen LogP contribution in [0.1, 0.15) is 29.1 Å². The van der Waals surface area contributed by atoms with Gasteiger partial charge in [-0.25, -0.2) is 9.37 Å². The molecule has 1 aromatic carbocycles. The van der Waals surface area contributed by atoms with Crippen LogP contribution in [-0.2, 0) is 6.42 Å². The highest BCUT2D eigenvalue weighted by molar-refractivity contribution is 6.33. The molecule has 144 valence electrons. The second kappa shape index (κ2) is 8.02. The first-order chi connectivity index (χ1) is 13.6. The minimum Gasteiger partial charge on any atom is -0.339 e. The fraction of sp³-hybridized carbons (Fsp3) is 0.316. The molecule has 0 saturated carbocycles. The van der Waals surface area contributed by atoms with Crippen LogP contribution < -0.4 is 0 Å². The van der Waals surface area contributed by atoms with Crippen molar-refractivity contribution in [1.82, 2.24) is 25.0 Å². The van der Waals surface area contributed by atoms with E-state index in [4.69, 9.17) is 16.1 Å². The lowest BCUT2D eigenvalue weighted by Gasteiger charge is -2.32. The first-order valence-electron chi connectivity index (χ1n) is 8.94. The Morgan fingerprint density at radius 1 is 1.36 bits per heavy atom. The smallest absolute Gasteiger partial charge is 0.258 e. The Morgan fingerprint density at radius 2 is 2.25 bits per heavy atom. The van der Waals surface area contributed by atoms with Gasteiger partial charge in [-0.1, -0.05) is 22.8 Å². The van der Waals surface area contributed by atoms with E-state index >= 15 is 0 Å². The highest BCUT2D eigenvalue weighted by Gasteiger charge is 2.28. The summed E-state index contributed by atoms with van der Waals surface area (Å²) in [5, 5.41) is 4.06. The van der Waals surface area contributed by atoms with E-state index in [1.165, 1.54) is 18.2 Å². The number of carbonyl (C=O) groups is 1. The average molecular weight is 402 g/mol. The standard InChI is InChI=1S/C19H17ClFN5O2/c20-13-4-1-5-14(21)17(13)19(27)26-8-2-3-12(11-26)9-16-24-18(25-28-16)15-10-22-6-7-23-15/h1,4-7,10,12H,2-3,8-9,11H2. The molecular weight excluding hydrogens is 385 g/mol. The summed E-state index contributed by atoms with van der Waals surface area (Å²) >= 11 is 6.04. The molecule has 3 aromatic rings. The Morgan fingerprint density at radius 3 is 3.04 bits per heavy atom. The van der Waals surface area contributed by atoms with Crippen LogP contribution >= 0.6 is 11.6 Å². The van der Waals surface area contributed by atoms with E-state index in [2.05, 4.69) is 20.1 Å². The van der Waals surface area contributed by atoms with E-state index in [1.54, 1.807) is 23.5 Å². The molecule has 1 aliphatic heterocycles. The van der Waals surface area contributed by atoms with Crippen molar-refractivity contribution in [2.45, 2.75) is 19.3 Å². The zero-order valence-corrected chi connectivity index (χ0v) is 15.6. The summed E-state index contributed by atoms with van der Waals surface area (Å²) in [5.41, 5.74) is 0.458. The Kier molecular flexibility index (Phi) is 5.29. The SMILES string of the molecule is O=C(c1c(F)cccc1Cl)N1CCCC(Cc2nc(-c3cnccn3)no2)C1. The summed E-state index contributed by atoms with van der Waals surface area (Å²) in [7, 11) is 0. The van der Waals surface area contributed by atoms with Crippen molar-refractivity contribution >= 4 is 17.5 Å². The minimum absolute atomic E-state index is 0.0763. The molecule has 3 heterocycles. The number of piperidine rings is 1. The fourth-order valence-electron chi connectivity index (χ4n) is 3.38. The molecule has 0 radical (unpaired) electrons. The lowest BCUT2D eigenvalue weighted by Crippen LogP contribution is -2.41. The first kappa shape index (κ1) is 18.5. The third-order valence-electron chi connectivity index (χ3n) is 4.71. The molecule has 9 heteroatoms. The van der Waals surface area contributed by atoms with Crippen LogP contribution in [0.25, 0.3) is 11.5 Å². The van der Waals surface area contributed by atoms with E-state index in [0.717, 1.165) is 12.8 Å². The molecule has 1 saturated heterocycles. The molecule has 2 aromatic heterocycles. The van der Waals surface area contributed by atoms with Gasteiger partial charge in [-0.2, -0.15) is 4.98 Å². The third-order valence-corrected chi connectivity index (χ3v) is 5.02. The van der Waals surface area contributed by atoms with Crippen molar-refractivity contribution < 1.29 is 13.7 Å². The van der Waals surface area contributed by atoms with Crippen LogP contribution in [0.5, 0.6) is 0 Å². The molecule has 1 aliphatic rings. The van der Waals surface area contributed by atoms with E-state index in [9.17, 15) is 9.18 Å². The van der Waals surface area contributed by atoms with Crippen LogP contribution in [0, 0.1) is 11.7 Å². The van der Waals surface area contributed by atoms with Crippen molar-refractivity contribution in [3.8, 4) is 11.5 Å². The number of halogens is 2. The number of aromatic nitrogens is 4. The number of nitrogens with zero attached hydrogens (tertiary/aromatic N) is 5. The largest absolute Gasteiger partial charge is 0.339 e. The van der Waals surface area contributed by atoms with Gasteiger partial charge in [-0.3, -0.25) is 9.78 Å². The van der Waals surface area contributed by atoms with Crippen LogP contribution in [0.15, 0.2) is 41.3 Å². The highest BCUT2D eigenvalue weighted by atomic mass is 35.5. The van der Waals surface area contributed by atoms with Crippen molar-refractivity contribution in [1.29, 1.82) is 0 Å². The molecule has 1 fully saturated rings. The average Bonchev–Trinajstić information content (AvgIpc) is 3.17. The van der Waals surface area contributed by atoms with Crippen LogP contribution in [0.3, 0.4) is 0 Å². The second-order valence-electron chi connectivity index (χ2n) is 6.66. The van der Waals surface area contributed by atoms with Gasteiger partial charge in [0.05, 0.1) is 16.8 Å². The summed E-state index contributed by atoms with van der Waals surface area (Å²) in [4.78, 5) is 26.9. The minimum atomic E-state index is -0.606. The molecule has 28 heavy (non-hydrogen) atoms. The van der Waals surface area contributed by atoms with E-state index in [1.807, 2.05) is 0 Å². The van der Waals surface area contributed by atoms with Gasteiger partial charge in [0.2, 0.25) is 11.7 Å². The Bertz CT molecular complexity index is 961. The van der Waals surface area contributed by atoms with E-state index < -0.39 is 11.7 Å². The highest BCUT2D eigenvalue weighted by Crippen LogP contribution is 2.26. The molecule has 0 bridgehead atoms. The monoisotopic (exact) mass is 401 g/mol. The summed E-state index contributed by atoms with van der Waals surface area (Å²) in [6.07, 6.45) is 6.95. The summed E-state index contributed by atoms with van der Waals surface area (Å²) in [6, 6.07) is 4.25. The summed E-state index contributed by atoms with van der Waals surface area (Å²) in [5.74, 6) is -0.00372. The Labute approximate surface area is 165 Å². The predicted octanol–water partition coefficient (Wildman–Crippen LogP) is 3.41. The Balaban J connectivity index is 1.45. The zero-order valence-electron chi connectivity index (χ0n) is 14.9. The molecule has 4 rings (SSSR count). The van der Waals surface area contributed by atoms with Gasteiger partial charge in [0.25, 0.3) is 5.91 Å².